The van der Waals surface area contributed by atoms with E-state index >= 15 is 0 Å². The number of hydrogen-bond donors (Lipinski definition) is 2. The molecule has 3 fully saturated rings. The summed E-state index contributed by atoms with van der Waals surface area (Å²) in [6.07, 6.45) is 7.80. The smallest absolute Gasteiger partial charge is 0.0585 e. The monoisotopic (exact) mass is 267 g/mol. The van der Waals surface area contributed by atoms with Gasteiger partial charge in [0.05, 0.1) is 6.61 Å². The first-order valence-corrected chi connectivity index (χ1v) is 8.18. The van der Waals surface area contributed by atoms with Crippen LogP contribution in [-0.2, 0) is 0 Å². The van der Waals surface area contributed by atoms with Crippen molar-refractivity contribution in [3.8, 4) is 0 Å². The van der Waals surface area contributed by atoms with E-state index < -0.39 is 0 Å². The molecule has 2 saturated heterocycles. The maximum atomic E-state index is 9.45. The maximum absolute atomic E-state index is 9.45. The second-order valence-corrected chi connectivity index (χ2v) is 6.60. The van der Waals surface area contributed by atoms with E-state index in [9.17, 15) is 5.11 Å². The molecule has 1 saturated carbocycles. The average molecular weight is 267 g/mol. The maximum Gasteiger partial charge on any atom is 0.0585 e. The predicted octanol–water partition coefficient (Wildman–Crippen LogP) is 0.660. The Morgan fingerprint density at radius 1 is 1.11 bits per heavy atom. The molecular weight excluding hydrogens is 238 g/mol. The number of nitrogens with one attached hydrogen (secondary N) is 1. The average Bonchev–Trinajstić information content (AvgIpc) is 3.18. The molecule has 4 heteroatoms. The zero-order valence-corrected chi connectivity index (χ0v) is 12.1. The van der Waals surface area contributed by atoms with Crippen molar-refractivity contribution in [2.45, 2.75) is 56.7 Å². The lowest BCUT2D eigenvalue weighted by molar-refractivity contribution is 0.190. The van der Waals surface area contributed by atoms with Crippen LogP contribution >= 0.6 is 0 Å². The van der Waals surface area contributed by atoms with Gasteiger partial charge in [0.1, 0.15) is 0 Å². The minimum atomic E-state index is 0.292. The van der Waals surface area contributed by atoms with Gasteiger partial charge >= 0.3 is 0 Å². The topological polar surface area (TPSA) is 38.7 Å². The van der Waals surface area contributed by atoms with Gasteiger partial charge in [-0.3, -0.25) is 4.90 Å². The third-order valence-electron chi connectivity index (χ3n) is 4.95. The highest BCUT2D eigenvalue weighted by atomic mass is 16.3. The van der Waals surface area contributed by atoms with Gasteiger partial charge in [0.15, 0.2) is 0 Å². The second kappa shape index (κ2) is 6.53. The molecule has 19 heavy (non-hydrogen) atoms. The Hall–Kier alpha value is -0.160. The molecule has 2 heterocycles. The minimum Gasteiger partial charge on any atom is -0.395 e. The number of hydrogen-bond acceptors (Lipinski definition) is 4. The summed E-state index contributed by atoms with van der Waals surface area (Å²) in [7, 11) is 0. The zero-order chi connectivity index (χ0) is 13.1. The third kappa shape index (κ3) is 3.91. The highest BCUT2D eigenvalue weighted by Crippen LogP contribution is 2.22. The van der Waals surface area contributed by atoms with Gasteiger partial charge in [-0.1, -0.05) is 0 Å². The molecule has 110 valence electrons. The van der Waals surface area contributed by atoms with Gasteiger partial charge in [-0.15, -0.1) is 0 Å². The summed E-state index contributed by atoms with van der Waals surface area (Å²) in [5.41, 5.74) is 0. The van der Waals surface area contributed by atoms with Crippen molar-refractivity contribution < 1.29 is 5.11 Å². The van der Waals surface area contributed by atoms with Crippen molar-refractivity contribution >= 4 is 0 Å². The Labute approximate surface area is 117 Å². The lowest BCUT2D eigenvalue weighted by atomic mass is 10.1. The van der Waals surface area contributed by atoms with Crippen LogP contribution in [0.1, 0.15) is 38.5 Å². The van der Waals surface area contributed by atoms with E-state index in [1.807, 2.05) is 0 Å². The van der Waals surface area contributed by atoms with E-state index in [0.29, 0.717) is 18.7 Å². The molecule has 2 N–H and O–H groups in total. The number of rotatable bonds is 6. The SMILES string of the molecule is OCC(CCN1CCCN2CCCC2C1)NC1CC1. The van der Waals surface area contributed by atoms with E-state index in [1.54, 1.807) is 0 Å². The molecule has 0 amide bonds. The Bertz CT molecular complexity index is 283. The highest BCUT2D eigenvalue weighted by molar-refractivity contribution is 4.87. The van der Waals surface area contributed by atoms with E-state index in [4.69, 9.17) is 0 Å². The summed E-state index contributed by atoms with van der Waals surface area (Å²) in [5, 5.41) is 13.0. The van der Waals surface area contributed by atoms with Gasteiger partial charge in [-0.05, 0) is 64.7 Å². The number of fused-ring (bicyclic) bond motifs is 1. The fourth-order valence-corrected chi connectivity index (χ4v) is 3.64. The molecule has 0 aromatic heterocycles. The van der Waals surface area contributed by atoms with E-state index in [-0.39, 0.29) is 0 Å². The van der Waals surface area contributed by atoms with Crippen LogP contribution in [0.25, 0.3) is 0 Å². The minimum absolute atomic E-state index is 0.292. The second-order valence-electron chi connectivity index (χ2n) is 6.60. The van der Waals surface area contributed by atoms with Crippen molar-refractivity contribution in [3.63, 3.8) is 0 Å². The van der Waals surface area contributed by atoms with E-state index in [2.05, 4.69) is 15.1 Å². The lowest BCUT2D eigenvalue weighted by Crippen LogP contribution is -2.40. The number of aliphatic hydroxyl groups is 1. The third-order valence-corrected chi connectivity index (χ3v) is 4.95. The van der Waals surface area contributed by atoms with Crippen molar-refractivity contribution in [1.29, 1.82) is 0 Å². The summed E-state index contributed by atoms with van der Waals surface area (Å²) >= 11 is 0. The quantitative estimate of drug-likeness (QED) is 0.741. The van der Waals surface area contributed by atoms with Crippen LogP contribution in [-0.4, -0.2) is 72.4 Å². The van der Waals surface area contributed by atoms with Crippen molar-refractivity contribution in [2.24, 2.45) is 0 Å². The van der Waals surface area contributed by atoms with Crippen LogP contribution in [0, 0.1) is 0 Å². The van der Waals surface area contributed by atoms with Crippen molar-refractivity contribution in [3.05, 3.63) is 0 Å². The van der Waals surface area contributed by atoms with Crippen LogP contribution < -0.4 is 5.32 Å². The molecule has 0 radical (unpaired) electrons. The summed E-state index contributed by atoms with van der Waals surface area (Å²) in [4.78, 5) is 5.32. The standard InChI is InChI=1S/C15H29N3O/c19-12-14(16-13-4-5-13)6-10-17-7-2-9-18-8-1-3-15(18)11-17/h13-16,19H,1-12H2. The fourth-order valence-electron chi connectivity index (χ4n) is 3.64. The normalized spacial score (nSPS) is 31.1. The van der Waals surface area contributed by atoms with Crippen LogP contribution in [0.3, 0.4) is 0 Å². The first kappa shape index (κ1) is 13.8. The Kier molecular flexibility index (Phi) is 4.74. The molecule has 2 aliphatic heterocycles. The van der Waals surface area contributed by atoms with E-state index in [1.165, 1.54) is 58.3 Å². The molecule has 4 nitrogen and oxygen atoms in total. The summed E-state index contributed by atoms with van der Waals surface area (Å²) in [6.45, 7) is 6.55. The van der Waals surface area contributed by atoms with Gasteiger partial charge in [-0.2, -0.15) is 0 Å². The summed E-state index contributed by atoms with van der Waals surface area (Å²) < 4.78 is 0. The van der Waals surface area contributed by atoms with Crippen LogP contribution in [0.5, 0.6) is 0 Å². The molecular formula is C15H29N3O. The van der Waals surface area contributed by atoms with E-state index in [0.717, 1.165) is 19.0 Å². The molecule has 0 spiro atoms. The zero-order valence-electron chi connectivity index (χ0n) is 12.1. The highest BCUT2D eigenvalue weighted by Gasteiger charge is 2.29. The van der Waals surface area contributed by atoms with Crippen LogP contribution in [0.2, 0.25) is 0 Å². The molecule has 0 aromatic carbocycles. The van der Waals surface area contributed by atoms with Crippen LogP contribution in [0.15, 0.2) is 0 Å². The molecule has 0 bridgehead atoms. The molecule has 2 unspecified atom stereocenters. The fraction of sp³-hybridized carbons (Fsp3) is 1.00. The van der Waals surface area contributed by atoms with Gasteiger partial charge in [0.2, 0.25) is 0 Å². The molecule has 3 rings (SSSR count). The molecule has 1 aliphatic carbocycles. The van der Waals surface area contributed by atoms with Crippen LogP contribution in [0.4, 0.5) is 0 Å². The van der Waals surface area contributed by atoms with Gasteiger partial charge in [0.25, 0.3) is 0 Å². The Morgan fingerprint density at radius 2 is 1.95 bits per heavy atom. The lowest BCUT2D eigenvalue weighted by Gasteiger charge is -2.27. The van der Waals surface area contributed by atoms with Gasteiger partial charge in [0, 0.05) is 24.7 Å². The summed E-state index contributed by atoms with van der Waals surface area (Å²) in [6, 6.07) is 1.83. The van der Waals surface area contributed by atoms with Gasteiger partial charge < -0.3 is 15.3 Å². The Balaban J connectivity index is 1.42. The van der Waals surface area contributed by atoms with Gasteiger partial charge in [-0.25, -0.2) is 0 Å². The first-order valence-electron chi connectivity index (χ1n) is 8.18. The van der Waals surface area contributed by atoms with Crippen molar-refractivity contribution in [2.75, 3.05) is 39.3 Å². The molecule has 3 aliphatic rings. The summed E-state index contributed by atoms with van der Waals surface area (Å²) in [5.74, 6) is 0. The Morgan fingerprint density at radius 3 is 2.74 bits per heavy atom. The first-order chi connectivity index (χ1) is 9.35. The number of aliphatic hydroxyl groups excluding tert-OH is 1. The van der Waals surface area contributed by atoms with Crippen molar-refractivity contribution in [1.82, 2.24) is 15.1 Å². The molecule has 2 atom stereocenters. The largest absolute Gasteiger partial charge is 0.395 e. The molecule has 0 aromatic rings. The predicted molar refractivity (Wildman–Crippen MR) is 77.3 cm³/mol. The number of nitrogens with zero attached hydrogens (tertiary/aromatic N) is 2.